The number of rotatable bonds is 19. The van der Waals surface area contributed by atoms with Gasteiger partial charge in [0.15, 0.2) is 0 Å². The third kappa shape index (κ3) is 8.46. The highest BCUT2D eigenvalue weighted by Gasteiger charge is 2.20. The topological polar surface area (TPSA) is 49.1 Å². The highest BCUT2D eigenvalue weighted by Crippen LogP contribution is 2.30. The lowest BCUT2D eigenvalue weighted by Gasteiger charge is -2.09. The zero-order chi connectivity index (χ0) is 24.8. The molecule has 0 spiro atoms. The maximum absolute atomic E-state index is 12.8. The molecule has 0 unspecified atom stereocenters. The molecule has 2 aromatic heterocycles. The molecule has 0 aliphatic heterocycles. The van der Waals surface area contributed by atoms with Gasteiger partial charge < -0.3 is 9.30 Å². The van der Waals surface area contributed by atoms with Crippen molar-refractivity contribution in [2.24, 2.45) is 7.05 Å². The molecule has 2 heterocycles. The standard InChI is InChI=1S/C29H51N3O2/c1-6-8-10-11-12-13-14-15-16-17-18-19-20-21-23-34-28-26-24(3)32(22-9-7-2)25(4)27(26)29(33)31(5)30-28/h6-23H2,1-5H3. The van der Waals surface area contributed by atoms with Gasteiger partial charge in [-0.1, -0.05) is 104 Å². The summed E-state index contributed by atoms with van der Waals surface area (Å²) in [4.78, 5) is 12.8. The van der Waals surface area contributed by atoms with E-state index in [1.165, 1.54) is 88.2 Å². The number of hydrogen-bond acceptors (Lipinski definition) is 3. The lowest BCUT2D eigenvalue weighted by Crippen LogP contribution is -2.21. The first kappa shape index (κ1) is 28.5. The number of nitrogens with zero attached hydrogens (tertiary/aromatic N) is 3. The minimum absolute atomic E-state index is 0.0327. The van der Waals surface area contributed by atoms with Crippen LogP contribution < -0.4 is 10.3 Å². The summed E-state index contributed by atoms with van der Waals surface area (Å²) in [7, 11) is 1.72. The van der Waals surface area contributed by atoms with E-state index in [0.717, 1.165) is 48.0 Å². The van der Waals surface area contributed by atoms with E-state index in [2.05, 4.69) is 30.4 Å². The van der Waals surface area contributed by atoms with Gasteiger partial charge in [0, 0.05) is 25.0 Å². The van der Waals surface area contributed by atoms with Crippen molar-refractivity contribution in [3.8, 4) is 5.88 Å². The van der Waals surface area contributed by atoms with Gasteiger partial charge in [-0.3, -0.25) is 4.79 Å². The molecular formula is C29H51N3O2. The Kier molecular flexibility index (Phi) is 13.4. The Bertz CT molecular complexity index is 897. The average Bonchev–Trinajstić information content (AvgIpc) is 3.08. The lowest BCUT2D eigenvalue weighted by molar-refractivity contribution is 0.289. The van der Waals surface area contributed by atoms with Crippen LogP contribution in [0.15, 0.2) is 4.79 Å². The van der Waals surface area contributed by atoms with Gasteiger partial charge in [0.2, 0.25) is 5.88 Å². The van der Waals surface area contributed by atoms with Gasteiger partial charge in [-0.25, -0.2) is 4.68 Å². The van der Waals surface area contributed by atoms with Crippen LogP contribution in [0.5, 0.6) is 5.88 Å². The van der Waals surface area contributed by atoms with Crippen LogP contribution >= 0.6 is 0 Å². The molecule has 0 saturated carbocycles. The van der Waals surface area contributed by atoms with E-state index in [9.17, 15) is 4.79 Å². The SMILES string of the molecule is CCCCCCCCCCCCCCCCOc1nn(C)c(=O)c2c(C)n(CCCC)c(C)c12. The fourth-order valence-corrected chi connectivity index (χ4v) is 5.02. The fourth-order valence-electron chi connectivity index (χ4n) is 5.02. The summed E-state index contributed by atoms with van der Waals surface area (Å²) in [6.07, 6.45) is 21.1. The maximum atomic E-state index is 12.8. The molecule has 0 aliphatic rings. The zero-order valence-corrected chi connectivity index (χ0v) is 22.9. The predicted molar refractivity (Wildman–Crippen MR) is 145 cm³/mol. The highest BCUT2D eigenvalue weighted by molar-refractivity contribution is 5.91. The summed E-state index contributed by atoms with van der Waals surface area (Å²) in [5, 5.41) is 6.14. The first-order chi connectivity index (χ1) is 16.5. The third-order valence-corrected chi connectivity index (χ3v) is 7.22. The second-order valence-electron chi connectivity index (χ2n) is 10.1. The van der Waals surface area contributed by atoms with E-state index in [1.807, 2.05) is 6.92 Å². The lowest BCUT2D eigenvalue weighted by atomic mass is 10.0. The molecule has 34 heavy (non-hydrogen) atoms. The number of aromatic nitrogens is 3. The maximum Gasteiger partial charge on any atom is 0.276 e. The quantitative estimate of drug-likeness (QED) is 0.194. The first-order valence-corrected chi connectivity index (χ1v) is 14.2. The Hall–Kier alpha value is -1.78. The second-order valence-corrected chi connectivity index (χ2v) is 10.1. The van der Waals surface area contributed by atoms with Crippen LogP contribution in [0.25, 0.3) is 10.8 Å². The summed E-state index contributed by atoms with van der Waals surface area (Å²) in [6, 6.07) is 0. The van der Waals surface area contributed by atoms with Crippen molar-refractivity contribution in [2.75, 3.05) is 6.61 Å². The van der Waals surface area contributed by atoms with Crippen LogP contribution in [0.1, 0.15) is 128 Å². The molecule has 2 rings (SSSR count). The van der Waals surface area contributed by atoms with Crippen molar-refractivity contribution in [3.63, 3.8) is 0 Å². The van der Waals surface area contributed by atoms with Crippen molar-refractivity contribution in [3.05, 3.63) is 21.7 Å². The molecule has 5 nitrogen and oxygen atoms in total. The highest BCUT2D eigenvalue weighted by atomic mass is 16.5. The molecule has 0 aliphatic carbocycles. The molecule has 0 amide bonds. The summed E-state index contributed by atoms with van der Waals surface area (Å²) >= 11 is 0. The summed E-state index contributed by atoms with van der Waals surface area (Å²) in [5.74, 6) is 0.614. The van der Waals surface area contributed by atoms with E-state index in [0.29, 0.717) is 12.5 Å². The number of unbranched alkanes of at least 4 members (excludes halogenated alkanes) is 14. The third-order valence-electron chi connectivity index (χ3n) is 7.22. The van der Waals surface area contributed by atoms with Crippen molar-refractivity contribution in [1.82, 2.24) is 14.3 Å². The van der Waals surface area contributed by atoms with Crippen molar-refractivity contribution in [1.29, 1.82) is 0 Å². The smallest absolute Gasteiger partial charge is 0.276 e. The van der Waals surface area contributed by atoms with Crippen LogP contribution in [0.4, 0.5) is 0 Å². The Labute approximate surface area is 208 Å². The molecule has 0 radical (unpaired) electrons. The van der Waals surface area contributed by atoms with E-state index in [1.54, 1.807) is 7.05 Å². The number of ether oxygens (including phenoxy) is 1. The van der Waals surface area contributed by atoms with Gasteiger partial charge in [-0.05, 0) is 26.7 Å². The van der Waals surface area contributed by atoms with Crippen molar-refractivity contribution >= 4 is 10.8 Å². The molecule has 0 atom stereocenters. The minimum atomic E-state index is -0.0327. The van der Waals surface area contributed by atoms with Crippen LogP contribution in [-0.4, -0.2) is 21.0 Å². The minimum Gasteiger partial charge on any atom is -0.476 e. The van der Waals surface area contributed by atoms with Crippen LogP contribution in [0.3, 0.4) is 0 Å². The Balaban J connectivity index is 1.69. The summed E-state index contributed by atoms with van der Waals surface area (Å²) in [5.41, 5.74) is 2.10. The summed E-state index contributed by atoms with van der Waals surface area (Å²) < 4.78 is 9.82. The molecule has 0 saturated heterocycles. The molecule has 0 bridgehead atoms. The van der Waals surface area contributed by atoms with Crippen LogP contribution in [-0.2, 0) is 13.6 Å². The van der Waals surface area contributed by atoms with E-state index < -0.39 is 0 Å². The van der Waals surface area contributed by atoms with E-state index in [-0.39, 0.29) is 5.56 Å². The number of hydrogen-bond donors (Lipinski definition) is 0. The first-order valence-electron chi connectivity index (χ1n) is 14.2. The normalized spacial score (nSPS) is 11.6. The van der Waals surface area contributed by atoms with Crippen LogP contribution in [0, 0.1) is 13.8 Å². The zero-order valence-electron chi connectivity index (χ0n) is 22.9. The summed E-state index contributed by atoms with van der Waals surface area (Å²) in [6.45, 7) is 10.2. The monoisotopic (exact) mass is 473 g/mol. The Morgan fingerprint density at radius 3 is 1.68 bits per heavy atom. The van der Waals surface area contributed by atoms with Gasteiger partial charge in [-0.2, -0.15) is 0 Å². The van der Waals surface area contributed by atoms with Gasteiger partial charge in [0.1, 0.15) is 0 Å². The molecular weight excluding hydrogens is 422 g/mol. The van der Waals surface area contributed by atoms with Gasteiger partial charge >= 0.3 is 0 Å². The van der Waals surface area contributed by atoms with Gasteiger partial charge in [0.05, 0.1) is 17.4 Å². The largest absolute Gasteiger partial charge is 0.476 e. The van der Waals surface area contributed by atoms with Gasteiger partial charge in [-0.15, -0.1) is 5.10 Å². The second kappa shape index (κ2) is 16.0. The Morgan fingerprint density at radius 1 is 0.676 bits per heavy atom. The van der Waals surface area contributed by atoms with Crippen molar-refractivity contribution < 1.29 is 4.74 Å². The Morgan fingerprint density at radius 2 is 1.15 bits per heavy atom. The van der Waals surface area contributed by atoms with Gasteiger partial charge in [0.25, 0.3) is 5.56 Å². The molecule has 0 N–H and O–H groups in total. The molecule has 0 fully saturated rings. The molecule has 0 aromatic carbocycles. The predicted octanol–water partition coefficient (Wildman–Crippen LogP) is 8.01. The van der Waals surface area contributed by atoms with Crippen molar-refractivity contribution in [2.45, 2.75) is 137 Å². The van der Waals surface area contributed by atoms with Crippen LogP contribution in [0.2, 0.25) is 0 Å². The average molecular weight is 474 g/mol. The van der Waals surface area contributed by atoms with E-state index in [4.69, 9.17) is 4.74 Å². The number of fused-ring (bicyclic) bond motifs is 1. The molecule has 194 valence electrons. The number of aryl methyl sites for hydroxylation is 3. The fraction of sp³-hybridized carbons (Fsp3) is 0.793. The molecule has 5 heteroatoms. The van der Waals surface area contributed by atoms with E-state index >= 15 is 0 Å². The molecule has 2 aromatic rings.